The zero-order chi connectivity index (χ0) is 10.8. The number of aryl methyl sites for hydroxylation is 1. The van der Waals surface area contributed by atoms with Crippen molar-refractivity contribution >= 4 is 11.6 Å². The van der Waals surface area contributed by atoms with Crippen molar-refractivity contribution in [2.75, 3.05) is 0 Å². The van der Waals surface area contributed by atoms with Gasteiger partial charge in [0.15, 0.2) is 0 Å². The van der Waals surface area contributed by atoms with E-state index in [0.717, 1.165) is 17.2 Å². The van der Waals surface area contributed by atoms with Gasteiger partial charge in [-0.15, -0.1) is 11.6 Å². The Hall–Kier alpha value is -1.35. The van der Waals surface area contributed by atoms with Gasteiger partial charge in [-0.25, -0.2) is 9.37 Å². The number of alkyl halides is 1. The molecule has 0 saturated carbocycles. The Morgan fingerprint density at radius 3 is 2.60 bits per heavy atom. The number of halogens is 2. The van der Waals surface area contributed by atoms with E-state index in [4.69, 9.17) is 11.6 Å². The van der Waals surface area contributed by atoms with Crippen molar-refractivity contribution < 1.29 is 4.39 Å². The lowest BCUT2D eigenvalue weighted by atomic mass is 10.3. The maximum atomic E-state index is 12.7. The Morgan fingerprint density at radius 2 is 2.00 bits per heavy atom. The summed E-state index contributed by atoms with van der Waals surface area (Å²) in [5, 5.41) is 0. The van der Waals surface area contributed by atoms with Gasteiger partial charge >= 0.3 is 0 Å². The predicted molar refractivity (Wildman–Crippen MR) is 57.8 cm³/mol. The van der Waals surface area contributed by atoms with Crippen LogP contribution < -0.4 is 0 Å². The monoisotopic (exact) mass is 224 g/mol. The summed E-state index contributed by atoms with van der Waals surface area (Å²) in [6.07, 6.45) is 1.88. The van der Waals surface area contributed by atoms with Crippen molar-refractivity contribution in [2.24, 2.45) is 0 Å². The lowest BCUT2D eigenvalue weighted by molar-refractivity contribution is 0.627. The van der Waals surface area contributed by atoms with Gasteiger partial charge in [-0.3, -0.25) is 0 Å². The zero-order valence-corrected chi connectivity index (χ0v) is 9.00. The summed E-state index contributed by atoms with van der Waals surface area (Å²) in [5.74, 6) is 0.856. The molecule has 78 valence electrons. The minimum absolute atomic E-state index is 0.247. The molecule has 0 fully saturated rings. The minimum Gasteiger partial charge on any atom is -0.302 e. The number of hydrogen-bond acceptors (Lipinski definition) is 1. The minimum atomic E-state index is -0.247. The van der Waals surface area contributed by atoms with Crippen molar-refractivity contribution in [2.45, 2.75) is 12.8 Å². The van der Waals surface area contributed by atoms with Crippen molar-refractivity contribution in [3.63, 3.8) is 0 Å². The molecule has 0 bridgehead atoms. The molecule has 1 aromatic heterocycles. The molecule has 0 unspecified atom stereocenters. The Balaban J connectivity index is 2.48. The van der Waals surface area contributed by atoms with Crippen LogP contribution in [0.1, 0.15) is 11.5 Å². The molecule has 0 aliphatic heterocycles. The molecule has 0 N–H and O–H groups in total. The molecule has 0 saturated heterocycles. The molecule has 0 aliphatic rings. The normalized spacial score (nSPS) is 10.6. The first-order chi connectivity index (χ1) is 7.20. The van der Waals surface area contributed by atoms with Crippen molar-refractivity contribution in [3.05, 3.63) is 47.8 Å². The quantitative estimate of drug-likeness (QED) is 0.717. The second kappa shape index (κ2) is 4.03. The molecular weight excluding hydrogens is 215 g/mol. The number of benzene rings is 1. The first kappa shape index (κ1) is 10.2. The third-order valence-electron chi connectivity index (χ3n) is 2.12. The SMILES string of the molecule is Cc1cn(-c2ccc(F)cc2)c(CCl)n1. The van der Waals surface area contributed by atoms with Crippen molar-refractivity contribution in [1.29, 1.82) is 0 Å². The van der Waals surface area contributed by atoms with E-state index in [0.29, 0.717) is 5.88 Å². The summed E-state index contributed by atoms with van der Waals surface area (Å²) in [6, 6.07) is 6.24. The highest BCUT2D eigenvalue weighted by molar-refractivity contribution is 6.16. The van der Waals surface area contributed by atoms with Crippen molar-refractivity contribution in [1.82, 2.24) is 9.55 Å². The zero-order valence-electron chi connectivity index (χ0n) is 8.24. The average Bonchev–Trinajstić information content (AvgIpc) is 2.61. The standard InChI is InChI=1S/C11H10ClFN2/c1-8-7-15(11(6-12)14-8)10-4-2-9(13)3-5-10/h2-5,7H,6H2,1H3. The number of rotatable bonds is 2. The fraction of sp³-hybridized carbons (Fsp3) is 0.182. The maximum Gasteiger partial charge on any atom is 0.128 e. The van der Waals surface area contributed by atoms with Crippen LogP contribution in [0.4, 0.5) is 4.39 Å². The first-order valence-electron chi connectivity index (χ1n) is 4.57. The smallest absolute Gasteiger partial charge is 0.128 e. The summed E-state index contributed by atoms with van der Waals surface area (Å²) in [5.41, 5.74) is 1.77. The van der Waals surface area contributed by atoms with Crippen LogP contribution in [0.3, 0.4) is 0 Å². The van der Waals surface area contributed by atoms with Gasteiger partial charge < -0.3 is 4.57 Å². The van der Waals surface area contributed by atoms with Gasteiger partial charge in [-0.05, 0) is 31.2 Å². The lowest BCUT2D eigenvalue weighted by Gasteiger charge is -2.04. The van der Waals surface area contributed by atoms with Crippen LogP contribution in [0.15, 0.2) is 30.5 Å². The van der Waals surface area contributed by atoms with E-state index in [2.05, 4.69) is 4.98 Å². The summed E-state index contributed by atoms with van der Waals surface area (Å²) in [6.45, 7) is 1.90. The molecular formula is C11H10ClFN2. The highest BCUT2D eigenvalue weighted by Crippen LogP contribution is 2.14. The predicted octanol–water partition coefficient (Wildman–Crippen LogP) is 3.06. The Bertz CT molecular complexity index is 462. The molecule has 1 aromatic carbocycles. The lowest BCUT2D eigenvalue weighted by Crippen LogP contribution is -1.97. The molecule has 0 atom stereocenters. The number of aromatic nitrogens is 2. The largest absolute Gasteiger partial charge is 0.302 e. The second-order valence-corrected chi connectivity index (χ2v) is 3.55. The molecule has 0 radical (unpaired) electrons. The number of hydrogen-bond donors (Lipinski definition) is 0. The highest BCUT2D eigenvalue weighted by Gasteiger charge is 2.05. The Morgan fingerprint density at radius 1 is 1.33 bits per heavy atom. The van der Waals surface area contributed by atoms with Gasteiger partial charge in [-0.1, -0.05) is 0 Å². The van der Waals surface area contributed by atoms with E-state index in [1.165, 1.54) is 12.1 Å². The summed E-state index contributed by atoms with van der Waals surface area (Å²) in [4.78, 5) is 4.27. The van der Waals surface area contributed by atoms with Crippen LogP contribution in [0, 0.1) is 12.7 Å². The summed E-state index contributed by atoms with van der Waals surface area (Å²) < 4.78 is 14.6. The van der Waals surface area contributed by atoms with Gasteiger partial charge in [0.05, 0.1) is 11.6 Å². The van der Waals surface area contributed by atoms with Crippen LogP contribution in [0.5, 0.6) is 0 Å². The molecule has 2 rings (SSSR count). The molecule has 2 aromatic rings. The second-order valence-electron chi connectivity index (χ2n) is 3.28. The average molecular weight is 225 g/mol. The molecule has 1 heterocycles. The number of imidazole rings is 1. The maximum absolute atomic E-state index is 12.7. The van der Waals surface area contributed by atoms with E-state index in [1.54, 1.807) is 12.1 Å². The summed E-state index contributed by atoms with van der Waals surface area (Å²) >= 11 is 5.77. The molecule has 0 spiro atoms. The first-order valence-corrected chi connectivity index (χ1v) is 5.11. The fourth-order valence-electron chi connectivity index (χ4n) is 1.47. The van der Waals surface area contributed by atoms with Crippen LogP contribution in [0.25, 0.3) is 5.69 Å². The topological polar surface area (TPSA) is 17.8 Å². The van der Waals surface area contributed by atoms with E-state index in [1.807, 2.05) is 17.7 Å². The highest BCUT2D eigenvalue weighted by atomic mass is 35.5. The van der Waals surface area contributed by atoms with Gasteiger partial charge in [-0.2, -0.15) is 0 Å². The molecule has 15 heavy (non-hydrogen) atoms. The summed E-state index contributed by atoms with van der Waals surface area (Å²) in [7, 11) is 0. The van der Waals surface area contributed by atoms with E-state index >= 15 is 0 Å². The number of nitrogens with zero attached hydrogens (tertiary/aromatic N) is 2. The molecule has 0 amide bonds. The van der Waals surface area contributed by atoms with E-state index < -0.39 is 0 Å². The van der Waals surface area contributed by atoms with Crippen LogP contribution in [0.2, 0.25) is 0 Å². The van der Waals surface area contributed by atoms with Crippen LogP contribution >= 0.6 is 11.6 Å². The van der Waals surface area contributed by atoms with E-state index in [-0.39, 0.29) is 5.82 Å². The van der Waals surface area contributed by atoms with Gasteiger partial charge in [0.1, 0.15) is 11.6 Å². The fourth-order valence-corrected chi connectivity index (χ4v) is 1.66. The molecule has 2 nitrogen and oxygen atoms in total. The van der Waals surface area contributed by atoms with Crippen LogP contribution in [-0.4, -0.2) is 9.55 Å². The Kier molecular flexibility index (Phi) is 2.73. The van der Waals surface area contributed by atoms with Gasteiger partial charge in [0.25, 0.3) is 0 Å². The van der Waals surface area contributed by atoms with Crippen molar-refractivity contribution in [3.8, 4) is 5.69 Å². The molecule has 4 heteroatoms. The van der Waals surface area contributed by atoms with Gasteiger partial charge in [0.2, 0.25) is 0 Å². The van der Waals surface area contributed by atoms with E-state index in [9.17, 15) is 4.39 Å². The third-order valence-corrected chi connectivity index (χ3v) is 2.36. The van der Waals surface area contributed by atoms with Gasteiger partial charge in [0, 0.05) is 11.9 Å². The van der Waals surface area contributed by atoms with Crippen LogP contribution in [-0.2, 0) is 5.88 Å². The third kappa shape index (κ3) is 2.02. The Labute approximate surface area is 92.3 Å². The molecule has 0 aliphatic carbocycles.